The zero-order valence-corrected chi connectivity index (χ0v) is 14.8. The van der Waals surface area contributed by atoms with E-state index in [1.807, 2.05) is 13.0 Å². The molecule has 0 bridgehead atoms. The summed E-state index contributed by atoms with van der Waals surface area (Å²) in [6, 6.07) is 7.38. The lowest BCUT2D eigenvalue weighted by Crippen LogP contribution is -2.44. The number of ether oxygens (including phenoxy) is 1. The zero-order valence-electron chi connectivity index (χ0n) is 12.4. The standard InChI is InChI=1S/C15H22FN3O.HI/c1-11(10-20-2)18-15(19-13-7-8-13)17-9-12-5-3-4-6-14(12)16;/h3-6,11,13H,7-10H2,1-2H3,(H2,17,18,19);1H. The summed E-state index contributed by atoms with van der Waals surface area (Å²) in [5, 5.41) is 6.60. The van der Waals surface area contributed by atoms with Crippen molar-refractivity contribution in [3.8, 4) is 0 Å². The lowest BCUT2D eigenvalue weighted by Gasteiger charge is -2.17. The molecule has 0 aliphatic heterocycles. The number of benzene rings is 1. The van der Waals surface area contributed by atoms with Gasteiger partial charge >= 0.3 is 0 Å². The molecule has 1 aliphatic carbocycles. The fraction of sp³-hybridized carbons (Fsp3) is 0.533. The molecule has 6 heteroatoms. The van der Waals surface area contributed by atoms with Gasteiger partial charge in [0.1, 0.15) is 5.82 Å². The first-order valence-corrected chi connectivity index (χ1v) is 6.99. The molecule has 0 saturated heterocycles. The van der Waals surface area contributed by atoms with E-state index in [1.165, 1.54) is 18.9 Å². The highest BCUT2D eigenvalue weighted by Gasteiger charge is 2.22. The molecule has 2 rings (SSSR count). The third-order valence-electron chi connectivity index (χ3n) is 3.08. The summed E-state index contributed by atoms with van der Waals surface area (Å²) in [4.78, 5) is 4.46. The van der Waals surface area contributed by atoms with Crippen molar-refractivity contribution >= 4 is 29.9 Å². The van der Waals surface area contributed by atoms with Crippen LogP contribution in [0.5, 0.6) is 0 Å². The van der Waals surface area contributed by atoms with Crippen molar-refractivity contribution in [3.05, 3.63) is 35.6 Å². The summed E-state index contributed by atoms with van der Waals surface area (Å²) < 4.78 is 18.7. The summed E-state index contributed by atoms with van der Waals surface area (Å²) in [7, 11) is 1.67. The Morgan fingerprint density at radius 2 is 2.14 bits per heavy atom. The smallest absolute Gasteiger partial charge is 0.192 e. The number of methoxy groups -OCH3 is 1. The quantitative estimate of drug-likeness (QED) is 0.433. The zero-order chi connectivity index (χ0) is 14.4. The molecule has 1 atom stereocenters. The number of hydrogen-bond acceptors (Lipinski definition) is 2. The third kappa shape index (κ3) is 6.60. The van der Waals surface area contributed by atoms with Gasteiger partial charge in [-0.05, 0) is 25.8 Å². The van der Waals surface area contributed by atoms with E-state index in [4.69, 9.17) is 4.74 Å². The Morgan fingerprint density at radius 1 is 1.43 bits per heavy atom. The maximum atomic E-state index is 13.6. The van der Waals surface area contributed by atoms with E-state index in [1.54, 1.807) is 19.2 Å². The van der Waals surface area contributed by atoms with E-state index in [0.29, 0.717) is 24.8 Å². The predicted molar refractivity (Wildman–Crippen MR) is 93.6 cm³/mol. The molecule has 1 saturated carbocycles. The number of aliphatic imine (C=N–C) groups is 1. The van der Waals surface area contributed by atoms with E-state index in [-0.39, 0.29) is 35.8 Å². The molecule has 0 radical (unpaired) electrons. The maximum absolute atomic E-state index is 13.6. The molecule has 0 aromatic heterocycles. The first kappa shape index (κ1) is 18.2. The Morgan fingerprint density at radius 3 is 2.76 bits per heavy atom. The fourth-order valence-corrected chi connectivity index (χ4v) is 1.87. The number of rotatable bonds is 6. The van der Waals surface area contributed by atoms with Crippen molar-refractivity contribution in [1.82, 2.24) is 10.6 Å². The molecule has 0 amide bonds. The van der Waals surface area contributed by atoms with Gasteiger partial charge in [0.15, 0.2) is 5.96 Å². The number of nitrogens with zero attached hydrogens (tertiary/aromatic N) is 1. The monoisotopic (exact) mass is 407 g/mol. The van der Waals surface area contributed by atoms with Crippen molar-refractivity contribution in [2.45, 2.75) is 38.4 Å². The van der Waals surface area contributed by atoms with Gasteiger partial charge < -0.3 is 15.4 Å². The minimum Gasteiger partial charge on any atom is -0.383 e. The molecule has 1 aromatic carbocycles. The molecule has 1 aliphatic rings. The second-order valence-electron chi connectivity index (χ2n) is 5.18. The van der Waals surface area contributed by atoms with Gasteiger partial charge in [-0.15, -0.1) is 24.0 Å². The Hall–Kier alpha value is -0.890. The van der Waals surface area contributed by atoms with Gasteiger partial charge in [0, 0.05) is 24.8 Å². The molecular weight excluding hydrogens is 384 g/mol. The summed E-state index contributed by atoms with van der Waals surface area (Å²) >= 11 is 0. The molecule has 1 fully saturated rings. The van der Waals surface area contributed by atoms with E-state index in [9.17, 15) is 4.39 Å². The van der Waals surface area contributed by atoms with Crippen LogP contribution in [0.3, 0.4) is 0 Å². The molecular formula is C15H23FIN3O. The van der Waals surface area contributed by atoms with Crippen LogP contribution in [0.4, 0.5) is 4.39 Å². The first-order valence-electron chi connectivity index (χ1n) is 6.99. The van der Waals surface area contributed by atoms with Crippen LogP contribution in [0.25, 0.3) is 0 Å². The van der Waals surface area contributed by atoms with Gasteiger partial charge in [-0.3, -0.25) is 0 Å². The van der Waals surface area contributed by atoms with Crippen LogP contribution in [0.15, 0.2) is 29.3 Å². The molecule has 0 heterocycles. The molecule has 4 nitrogen and oxygen atoms in total. The normalized spacial score (nSPS) is 16.0. The van der Waals surface area contributed by atoms with E-state index in [0.717, 1.165) is 5.96 Å². The highest BCUT2D eigenvalue weighted by molar-refractivity contribution is 14.0. The van der Waals surface area contributed by atoms with Crippen molar-refractivity contribution in [2.75, 3.05) is 13.7 Å². The van der Waals surface area contributed by atoms with Gasteiger partial charge in [0.05, 0.1) is 13.2 Å². The van der Waals surface area contributed by atoms with Gasteiger partial charge in [-0.25, -0.2) is 9.38 Å². The molecule has 1 unspecified atom stereocenters. The van der Waals surface area contributed by atoms with Crippen molar-refractivity contribution in [2.24, 2.45) is 4.99 Å². The van der Waals surface area contributed by atoms with Gasteiger partial charge in [-0.2, -0.15) is 0 Å². The predicted octanol–water partition coefficient (Wildman–Crippen LogP) is 2.68. The lowest BCUT2D eigenvalue weighted by molar-refractivity contribution is 0.179. The number of guanidine groups is 1. The number of nitrogens with one attached hydrogen (secondary N) is 2. The molecule has 1 aromatic rings. The van der Waals surface area contributed by atoms with Gasteiger partial charge in [-0.1, -0.05) is 18.2 Å². The minimum atomic E-state index is -0.216. The highest BCUT2D eigenvalue weighted by atomic mass is 127. The van der Waals surface area contributed by atoms with E-state index in [2.05, 4.69) is 15.6 Å². The van der Waals surface area contributed by atoms with Crippen LogP contribution >= 0.6 is 24.0 Å². The van der Waals surface area contributed by atoms with Crippen LogP contribution < -0.4 is 10.6 Å². The summed E-state index contributed by atoms with van der Waals surface area (Å²) in [5.74, 6) is 0.507. The Bertz CT molecular complexity index is 466. The minimum absolute atomic E-state index is 0. The highest BCUT2D eigenvalue weighted by Crippen LogP contribution is 2.18. The average Bonchev–Trinajstić information content (AvgIpc) is 3.22. The largest absolute Gasteiger partial charge is 0.383 e. The summed E-state index contributed by atoms with van der Waals surface area (Å²) in [6.45, 7) is 2.95. The SMILES string of the molecule is COCC(C)NC(=NCc1ccccc1F)NC1CC1.I. The van der Waals surface area contributed by atoms with E-state index >= 15 is 0 Å². The van der Waals surface area contributed by atoms with Crippen LogP contribution in [0.2, 0.25) is 0 Å². The van der Waals surface area contributed by atoms with Gasteiger partial charge in [0.2, 0.25) is 0 Å². The van der Waals surface area contributed by atoms with Crippen molar-refractivity contribution in [3.63, 3.8) is 0 Å². The lowest BCUT2D eigenvalue weighted by atomic mass is 10.2. The maximum Gasteiger partial charge on any atom is 0.192 e. The van der Waals surface area contributed by atoms with Crippen LogP contribution in [-0.2, 0) is 11.3 Å². The number of halogens is 2. The van der Waals surface area contributed by atoms with Crippen molar-refractivity contribution < 1.29 is 9.13 Å². The van der Waals surface area contributed by atoms with E-state index < -0.39 is 0 Å². The number of hydrogen-bond donors (Lipinski definition) is 2. The second-order valence-corrected chi connectivity index (χ2v) is 5.18. The summed E-state index contributed by atoms with van der Waals surface area (Å²) in [5.41, 5.74) is 0.601. The van der Waals surface area contributed by atoms with Gasteiger partial charge in [0.25, 0.3) is 0 Å². The molecule has 118 valence electrons. The fourth-order valence-electron chi connectivity index (χ4n) is 1.87. The second kappa shape index (κ2) is 9.19. The molecule has 21 heavy (non-hydrogen) atoms. The first-order chi connectivity index (χ1) is 9.69. The van der Waals surface area contributed by atoms with Crippen molar-refractivity contribution in [1.29, 1.82) is 0 Å². The third-order valence-corrected chi connectivity index (χ3v) is 3.08. The van der Waals surface area contributed by atoms with Crippen LogP contribution in [0.1, 0.15) is 25.3 Å². The topological polar surface area (TPSA) is 45.6 Å². The van der Waals surface area contributed by atoms with Crippen LogP contribution in [0, 0.1) is 5.82 Å². The Labute approximate surface area is 142 Å². The van der Waals surface area contributed by atoms with Crippen LogP contribution in [-0.4, -0.2) is 31.8 Å². The molecule has 0 spiro atoms. The average molecular weight is 407 g/mol. The Kier molecular flexibility index (Phi) is 7.95. The summed E-state index contributed by atoms with van der Waals surface area (Å²) in [6.07, 6.45) is 2.33. The Balaban J connectivity index is 0.00000220. The molecule has 2 N–H and O–H groups in total.